The maximum absolute atomic E-state index is 12.4. The van der Waals surface area contributed by atoms with Crippen LogP contribution in [0.25, 0.3) is 5.78 Å². The second-order valence-corrected chi connectivity index (χ2v) is 7.16. The van der Waals surface area contributed by atoms with Crippen molar-refractivity contribution in [2.24, 2.45) is 0 Å². The normalized spacial score (nSPS) is 11.8. The van der Waals surface area contributed by atoms with Crippen molar-refractivity contribution in [3.63, 3.8) is 0 Å². The second kappa shape index (κ2) is 5.33. The molecule has 0 spiro atoms. The summed E-state index contributed by atoms with van der Waals surface area (Å²) < 4.78 is 29.3. The lowest BCUT2D eigenvalue weighted by molar-refractivity contribution is 0.592. The topological polar surface area (TPSA) is 89.3 Å². The highest BCUT2D eigenvalue weighted by Crippen LogP contribution is 2.23. The molecule has 0 atom stereocenters. The maximum Gasteiger partial charge on any atom is 0.299 e. The summed E-state index contributed by atoms with van der Waals surface area (Å²) in [6.07, 6.45) is 0. The van der Waals surface area contributed by atoms with Crippen molar-refractivity contribution in [3.8, 4) is 0 Å². The van der Waals surface area contributed by atoms with Gasteiger partial charge in [0.1, 0.15) is 0 Å². The lowest BCUT2D eigenvalue weighted by atomic mass is 10.3. The van der Waals surface area contributed by atoms with Crippen LogP contribution in [0.4, 0.5) is 5.69 Å². The predicted octanol–water partition coefficient (Wildman–Crippen LogP) is 2.30. The largest absolute Gasteiger partial charge is 0.299 e. The lowest BCUT2D eigenvalue weighted by Gasteiger charge is -2.06. The minimum atomic E-state index is -3.89. The van der Waals surface area contributed by atoms with Gasteiger partial charge in [0.15, 0.2) is 0 Å². The number of hydrogen-bond donors (Lipinski definition) is 1. The van der Waals surface area contributed by atoms with Crippen molar-refractivity contribution in [2.75, 3.05) is 4.72 Å². The fourth-order valence-electron chi connectivity index (χ4n) is 2.00. The first kappa shape index (κ1) is 14.9. The smallest absolute Gasteiger partial charge is 0.276 e. The van der Waals surface area contributed by atoms with Gasteiger partial charge in [0, 0.05) is 15.9 Å². The number of halogens is 1. The molecule has 0 aliphatic rings. The summed E-state index contributed by atoms with van der Waals surface area (Å²) in [4.78, 5) is 8.19. The molecule has 0 unspecified atom stereocenters. The van der Waals surface area contributed by atoms with E-state index in [4.69, 9.17) is 0 Å². The number of para-hydroxylation sites is 1. The second-order valence-electron chi connectivity index (χ2n) is 4.73. The first-order chi connectivity index (χ1) is 10.4. The Balaban J connectivity index is 2.06. The molecular weight excluding hydrogens is 370 g/mol. The van der Waals surface area contributed by atoms with E-state index in [1.54, 1.807) is 30.3 Å². The molecule has 3 rings (SSSR count). The van der Waals surface area contributed by atoms with Crippen LogP contribution in [0.5, 0.6) is 0 Å². The van der Waals surface area contributed by atoms with Crippen LogP contribution in [-0.4, -0.2) is 28.0 Å². The minimum absolute atomic E-state index is 0.255. The average Bonchev–Trinajstić information content (AvgIpc) is 2.86. The standard InChI is InChI=1S/C13H12BrN5O2S/c1-8-7-9(2)19-12(15-8)16-13(17-19)22(20,21)18-11-6-4-3-5-10(11)14/h3-7,18H,1-2H3. The summed E-state index contributed by atoms with van der Waals surface area (Å²) in [6.45, 7) is 3.63. The number of aryl methyl sites for hydroxylation is 2. The van der Waals surface area contributed by atoms with E-state index in [0.717, 1.165) is 11.4 Å². The number of nitrogens with one attached hydrogen (secondary N) is 1. The van der Waals surface area contributed by atoms with Crippen LogP contribution in [0.15, 0.2) is 40.0 Å². The van der Waals surface area contributed by atoms with Crippen LogP contribution in [0, 0.1) is 13.8 Å². The van der Waals surface area contributed by atoms with Gasteiger partial charge in [-0.05, 0) is 48.0 Å². The summed E-state index contributed by atoms with van der Waals surface area (Å²) in [5, 5.41) is 3.71. The number of aromatic nitrogens is 4. The zero-order valence-electron chi connectivity index (χ0n) is 11.8. The van der Waals surface area contributed by atoms with Crippen molar-refractivity contribution in [1.82, 2.24) is 19.6 Å². The van der Waals surface area contributed by atoms with Crippen LogP contribution >= 0.6 is 15.9 Å². The van der Waals surface area contributed by atoms with Gasteiger partial charge < -0.3 is 0 Å². The van der Waals surface area contributed by atoms with E-state index in [2.05, 4.69) is 35.7 Å². The lowest BCUT2D eigenvalue weighted by Crippen LogP contribution is -2.15. The van der Waals surface area contributed by atoms with Gasteiger partial charge in [0.2, 0.25) is 0 Å². The Morgan fingerprint density at radius 1 is 1.18 bits per heavy atom. The third-order valence-corrected chi connectivity index (χ3v) is 4.79. The van der Waals surface area contributed by atoms with E-state index >= 15 is 0 Å². The fraction of sp³-hybridized carbons (Fsp3) is 0.154. The molecule has 0 bridgehead atoms. The van der Waals surface area contributed by atoms with Crippen LogP contribution in [0.2, 0.25) is 0 Å². The highest BCUT2D eigenvalue weighted by atomic mass is 79.9. The highest BCUT2D eigenvalue weighted by Gasteiger charge is 2.22. The van der Waals surface area contributed by atoms with Crippen LogP contribution in [-0.2, 0) is 10.0 Å². The summed E-state index contributed by atoms with van der Waals surface area (Å²) in [5.41, 5.74) is 1.93. The molecule has 0 radical (unpaired) electrons. The van der Waals surface area contributed by atoms with Gasteiger partial charge in [0.05, 0.1) is 5.69 Å². The summed E-state index contributed by atoms with van der Waals surface area (Å²) in [6, 6.07) is 8.71. The molecule has 114 valence electrons. The molecule has 3 aromatic rings. The number of benzene rings is 1. The number of nitrogens with zero attached hydrogens (tertiary/aromatic N) is 4. The molecule has 0 aliphatic carbocycles. The Kier molecular flexibility index (Phi) is 3.61. The van der Waals surface area contributed by atoms with Gasteiger partial charge >= 0.3 is 0 Å². The van der Waals surface area contributed by atoms with Crippen molar-refractivity contribution in [2.45, 2.75) is 19.0 Å². The van der Waals surface area contributed by atoms with E-state index in [1.807, 2.05) is 13.8 Å². The van der Waals surface area contributed by atoms with E-state index in [-0.39, 0.29) is 10.9 Å². The monoisotopic (exact) mass is 381 g/mol. The molecule has 22 heavy (non-hydrogen) atoms. The van der Waals surface area contributed by atoms with Crippen LogP contribution in [0.1, 0.15) is 11.4 Å². The molecular formula is C13H12BrN5O2S. The highest BCUT2D eigenvalue weighted by molar-refractivity contribution is 9.10. The van der Waals surface area contributed by atoms with E-state index in [0.29, 0.717) is 10.2 Å². The Morgan fingerprint density at radius 3 is 2.64 bits per heavy atom. The number of anilines is 1. The first-order valence-electron chi connectivity index (χ1n) is 6.35. The summed E-state index contributed by atoms with van der Waals surface area (Å²) in [5.74, 6) is 0.255. The number of rotatable bonds is 3. The zero-order valence-corrected chi connectivity index (χ0v) is 14.2. The van der Waals surface area contributed by atoms with Gasteiger partial charge in [-0.15, -0.1) is 5.10 Å². The predicted molar refractivity (Wildman–Crippen MR) is 85.2 cm³/mol. The third-order valence-electron chi connectivity index (χ3n) is 2.96. The molecule has 1 aromatic carbocycles. The molecule has 0 saturated heterocycles. The molecule has 2 heterocycles. The average molecular weight is 382 g/mol. The van der Waals surface area contributed by atoms with Crippen molar-refractivity contribution < 1.29 is 8.42 Å². The van der Waals surface area contributed by atoms with Gasteiger partial charge in [0.25, 0.3) is 21.0 Å². The Labute approximate surface area is 135 Å². The van der Waals surface area contributed by atoms with Gasteiger partial charge in [-0.2, -0.15) is 13.4 Å². The SMILES string of the molecule is Cc1cc(C)n2nc(S(=O)(=O)Nc3ccccc3Br)nc2n1. The van der Waals surface area contributed by atoms with Crippen molar-refractivity contribution >= 4 is 37.4 Å². The zero-order chi connectivity index (χ0) is 15.9. The van der Waals surface area contributed by atoms with E-state index in [1.165, 1.54) is 4.52 Å². The molecule has 0 saturated carbocycles. The minimum Gasteiger partial charge on any atom is -0.276 e. The molecule has 0 amide bonds. The number of fused-ring (bicyclic) bond motifs is 1. The molecule has 7 nitrogen and oxygen atoms in total. The molecule has 9 heteroatoms. The Morgan fingerprint density at radius 2 is 1.91 bits per heavy atom. The maximum atomic E-state index is 12.4. The molecule has 1 N–H and O–H groups in total. The van der Waals surface area contributed by atoms with Crippen molar-refractivity contribution in [1.29, 1.82) is 0 Å². The first-order valence-corrected chi connectivity index (χ1v) is 8.63. The number of hydrogen-bond acceptors (Lipinski definition) is 5. The molecule has 2 aromatic heterocycles. The van der Waals surface area contributed by atoms with Gasteiger partial charge in [-0.1, -0.05) is 12.1 Å². The Bertz CT molecular complexity index is 968. The van der Waals surface area contributed by atoms with Gasteiger partial charge in [-0.25, -0.2) is 9.50 Å². The third kappa shape index (κ3) is 2.69. The van der Waals surface area contributed by atoms with Crippen LogP contribution in [0.3, 0.4) is 0 Å². The fourth-order valence-corrected chi connectivity index (χ4v) is 3.46. The van der Waals surface area contributed by atoms with E-state index < -0.39 is 10.0 Å². The molecule has 0 aliphatic heterocycles. The number of sulfonamides is 1. The van der Waals surface area contributed by atoms with E-state index in [9.17, 15) is 8.42 Å². The van der Waals surface area contributed by atoms with Crippen LogP contribution < -0.4 is 4.72 Å². The molecule has 0 fully saturated rings. The van der Waals surface area contributed by atoms with Gasteiger partial charge in [-0.3, -0.25) is 4.72 Å². The Hall–Kier alpha value is -2.00. The van der Waals surface area contributed by atoms with Crippen molar-refractivity contribution in [3.05, 3.63) is 46.2 Å². The quantitative estimate of drug-likeness (QED) is 0.751. The summed E-state index contributed by atoms with van der Waals surface area (Å²) >= 11 is 3.29. The summed E-state index contributed by atoms with van der Waals surface area (Å²) in [7, 11) is -3.89.